The maximum Gasteiger partial charge on any atom is 0.254 e. The van der Waals surface area contributed by atoms with E-state index in [9.17, 15) is 18.4 Å². The van der Waals surface area contributed by atoms with Crippen molar-refractivity contribution in [3.05, 3.63) is 59.9 Å². The van der Waals surface area contributed by atoms with Gasteiger partial charge in [-0.25, -0.2) is 8.78 Å². The largest absolute Gasteiger partial charge is 0.351 e. The normalized spacial score (nSPS) is 10.1. The summed E-state index contributed by atoms with van der Waals surface area (Å²) in [5, 5.41) is 5.02. The lowest BCUT2D eigenvalue weighted by atomic mass is 10.2. The first-order chi connectivity index (χ1) is 10.6. The van der Waals surface area contributed by atoms with Crippen LogP contribution in [0.1, 0.15) is 16.8 Å². The number of amides is 2. The molecule has 0 spiro atoms. The van der Waals surface area contributed by atoms with Gasteiger partial charge >= 0.3 is 0 Å². The molecule has 0 unspecified atom stereocenters. The number of hydrogen-bond acceptors (Lipinski definition) is 3. The first-order valence-corrected chi connectivity index (χ1v) is 6.49. The molecular weight excluding hydrogens is 292 g/mol. The zero-order valence-corrected chi connectivity index (χ0v) is 11.5. The highest BCUT2D eigenvalue weighted by Crippen LogP contribution is 2.09. The molecule has 114 valence electrons. The van der Waals surface area contributed by atoms with Gasteiger partial charge in [-0.1, -0.05) is 0 Å². The Morgan fingerprint density at radius 1 is 1.09 bits per heavy atom. The Kier molecular flexibility index (Phi) is 5.13. The number of carbonyl (C=O) groups excluding carboxylic acids is 2. The van der Waals surface area contributed by atoms with Gasteiger partial charge in [0.2, 0.25) is 5.91 Å². The van der Waals surface area contributed by atoms with Crippen molar-refractivity contribution >= 4 is 17.5 Å². The lowest BCUT2D eigenvalue weighted by Gasteiger charge is -2.07. The predicted octanol–water partition coefficient (Wildman–Crippen LogP) is 2.12. The molecule has 0 bridgehead atoms. The summed E-state index contributed by atoms with van der Waals surface area (Å²) in [5.41, 5.74) is 0.326. The number of carbonyl (C=O) groups is 2. The van der Waals surface area contributed by atoms with Crippen molar-refractivity contribution in [2.75, 3.05) is 11.9 Å². The molecule has 1 aromatic heterocycles. The Morgan fingerprint density at radius 3 is 2.50 bits per heavy atom. The van der Waals surface area contributed by atoms with E-state index in [0.717, 1.165) is 12.1 Å². The third kappa shape index (κ3) is 4.34. The minimum absolute atomic E-state index is 0.0247. The topological polar surface area (TPSA) is 71.1 Å². The third-order valence-corrected chi connectivity index (χ3v) is 2.78. The number of nitrogens with zero attached hydrogens (tertiary/aromatic N) is 1. The van der Waals surface area contributed by atoms with Crippen LogP contribution in [0.5, 0.6) is 0 Å². The van der Waals surface area contributed by atoms with Gasteiger partial charge in [0.25, 0.3) is 5.91 Å². The summed E-state index contributed by atoms with van der Waals surface area (Å²) in [4.78, 5) is 27.2. The molecule has 0 saturated carbocycles. The zero-order valence-electron chi connectivity index (χ0n) is 11.5. The number of halogens is 2. The molecular formula is C15H13F2N3O2. The molecule has 2 N–H and O–H groups in total. The quantitative estimate of drug-likeness (QED) is 0.889. The molecule has 22 heavy (non-hydrogen) atoms. The van der Waals surface area contributed by atoms with Crippen molar-refractivity contribution in [1.29, 1.82) is 0 Å². The van der Waals surface area contributed by atoms with Crippen LogP contribution in [0.15, 0.2) is 42.7 Å². The molecule has 0 fully saturated rings. The standard InChI is InChI=1S/C15H13F2N3O2/c16-10-1-2-12(13(17)9-10)15(22)19-8-5-14(21)20-11-3-6-18-7-4-11/h1-4,6-7,9H,5,8H2,(H,19,22)(H,18,20,21). The van der Waals surface area contributed by atoms with E-state index in [-0.39, 0.29) is 24.4 Å². The molecule has 0 saturated heterocycles. The molecule has 2 aromatic rings. The SMILES string of the molecule is O=C(CCNC(=O)c1ccc(F)cc1F)Nc1ccncc1. The molecule has 5 nitrogen and oxygen atoms in total. The van der Waals surface area contributed by atoms with Crippen molar-refractivity contribution in [2.45, 2.75) is 6.42 Å². The van der Waals surface area contributed by atoms with Gasteiger partial charge < -0.3 is 10.6 Å². The second-order valence-electron chi connectivity index (χ2n) is 4.41. The average molecular weight is 305 g/mol. The smallest absolute Gasteiger partial charge is 0.254 e. The van der Waals surface area contributed by atoms with Crippen molar-refractivity contribution in [1.82, 2.24) is 10.3 Å². The zero-order chi connectivity index (χ0) is 15.9. The van der Waals surface area contributed by atoms with Crippen LogP contribution in [0.2, 0.25) is 0 Å². The van der Waals surface area contributed by atoms with Crippen molar-refractivity contribution in [3.8, 4) is 0 Å². The monoisotopic (exact) mass is 305 g/mol. The third-order valence-electron chi connectivity index (χ3n) is 2.78. The maximum atomic E-state index is 13.4. The van der Waals surface area contributed by atoms with Crippen LogP contribution in [-0.4, -0.2) is 23.3 Å². The van der Waals surface area contributed by atoms with Gasteiger partial charge in [-0.15, -0.1) is 0 Å². The van der Waals surface area contributed by atoms with E-state index >= 15 is 0 Å². The lowest BCUT2D eigenvalue weighted by molar-refractivity contribution is -0.116. The van der Waals surface area contributed by atoms with Gasteiger partial charge in [0.1, 0.15) is 11.6 Å². The highest BCUT2D eigenvalue weighted by atomic mass is 19.1. The van der Waals surface area contributed by atoms with E-state index in [1.54, 1.807) is 12.1 Å². The number of anilines is 1. The van der Waals surface area contributed by atoms with Crippen LogP contribution in [0.4, 0.5) is 14.5 Å². The fourth-order valence-electron chi connectivity index (χ4n) is 1.72. The minimum atomic E-state index is -0.946. The summed E-state index contributed by atoms with van der Waals surface area (Å²) >= 11 is 0. The van der Waals surface area contributed by atoms with E-state index in [4.69, 9.17) is 0 Å². The van der Waals surface area contributed by atoms with E-state index in [2.05, 4.69) is 15.6 Å². The molecule has 2 amide bonds. The van der Waals surface area contributed by atoms with Gasteiger partial charge in [-0.05, 0) is 24.3 Å². The number of pyridine rings is 1. The molecule has 1 heterocycles. The average Bonchev–Trinajstić information content (AvgIpc) is 2.48. The second kappa shape index (κ2) is 7.26. The Morgan fingerprint density at radius 2 is 1.82 bits per heavy atom. The van der Waals surface area contributed by atoms with Crippen LogP contribution in [0, 0.1) is 11.6 Å². The summed E-state index contributed by atoms with van der Waals surface area (Å²) in [6, 6.07) is 5.94. The second-order valence-corrected chi connectivity index (χ2v) is 4.41. The summed E-state index contributed by atoms with van der Waals surface area (Å²) in [7, 11) is 0. The number of benzene rings is 1. The summed E-state index contributed by atoms with van der Waals surface area (Å²) < 4.78 is 26.1. The van der Waals surface area contributed by atoms with Gasteiger partial charge in [-0.2, -0.15) is 0 Å². The summed E-state index contributed by atoms with van der Waals surface area (Å²) in [6.45, 7) is 0.0343. The molecule has 0 aliphatic carbocycles. The number of rotatable bonds is 5. The Labute approximate surface area is 125 Å². The Hall–Kier alpha value is -2.83. The van der Waals surface area contributed by atoms with Crippen molar-refractivity contribution < 1.29 is 18.4 Å². The minimum Gasteiger partial charge on any atom is -0.351 e. The van der Waals surface area contributed by atoms with Gasteiger partial charge in [0.15, 0.2) is 0 Å². The Bertz CT molecular complexity index is 678. The highest BCUT2D eigenvalue weighted by molar-refractivity contribution is 5.95. The predicted molar refractivity (Wildman–Crippen MR) is 76.2 cm³/mol. The lowest BCUT2D eigenvalue weighted by Crippen LogP contribution is -2.28. The fourth-order valence-corrected chi connectivity index (χ4v) is 1.72. The first-order valence-electron chi connectivity index (χ1n) is 6.49. The van der Waals surface area contributed by atoms with E-state index in [1.807, 2.05) is 0 Å². The summed E-state index contributed by atoms with van der Waals surface area (Å²) in [6.07, 6.45) is 3.10. The van der Waals surface area contributed by atoms with Crippen LogP contribution in [-0.2, 0) is 4.79 Å². The molecule has 0 radical (unpaired) electrons. The number of aromatic nitrogens is 1. The number of hydrogen-bond donors (Lipinski definition) is 2. The Balaban J connectivity index is 1.80. The molecule has 2 rings (SSSR count). The molecule has 0 aliphatic heterocycles. The van der Waals surface area contributed by atoms with Crippen LogP contribution in [0.3, 0.4) is 0 Å². The summed E-state index contributed by atoms with van der Waals surface area (Å²) in [5.74, 6) is -2.70. The fraction of sp³-hybridized carbons (Fsp3) is 0.133. The van der Waals surface area contributed by atoms with Crippen molar-refractivity contribution in [2.24, 2.45) is 0 Å². The van der Waals surface area contributed by atoms with Crippen LogP contribution >= 0.6 is 0 Å². The highest BCUT2D eigenvalue weighted by Gasteiger charge is 2.12. The maximum absolute atomic E-state index is 13.4. The van der Waals surface area contributed by atoms with Crippen LogP contribution in [0.25, 0.3) is 0 Å². The van der Waals surface area contributed by atoms with Gasteiger partial charge in [0, 0.05) is 37.1 Å². The van der Waals surface area contributed by atoms with E-state index in [1.165, 1.54) is 12.4 Å². The molecule has 7 heteroatoms. The van der Waals surface area contributed by atoms with Gasteiger partial charge in [-0.3, -0.25) is 14.6 Å². The van der Waals surface area contributed by atoms with E-state index < -0.39 is 17.5 Å². The molecule has 0 aliphatic rings. The molecule has 1 aromatic carbocycles. The molecule has 0 atom stereocenters. The number of nitrogens with one attached hydrogen (secondary N) is 2. The van der Waals surface area contributed by atoms with E-state index in [0.29, 0.717) is 11.8 Å². The van der Waals surface area contributed by atoms with Crippen molar-refractivity contribution in [3.63, 3.8) is 0 Å². The van der Waals surface area contributed by atoms with Gasteiger partial charge in [0.05, 0.1) is 5.56 Å². The van der Waals surface area contributed by atoms with Crippen LogP contribution < -0.4 is 10.6 Å². The first kappa shape index (κ1) is 15.6.